The van der Waals surface area contributed by atoms with Crippen molar-refractivity contribution in [3.8, 4) is 0 Å². The second kappa shape index (κ2) is 7.10. The highest BCUT2D eigenvalue weighted by molar-refractivity contribution is 5.57. The Morgan fingerprint density at radius 2 is 1.71 bits per heavy atom. The smallest absolute Gasteiger partial charge is 0.136 e. The van der Waals surface area contributed by atoms with Crippen molar-refractivity contribution in [3.05, 3.63) is 11.4 Å². The van der Waals surface area contributed by atoms with Gasteiger partial charge in [-0.3, -0.25) is 0 Å². The number of anilines is 2. The summed E-state index contributed by atoms with van der Waals surface area (Å²) in [6, 6.07) is 0. The third kappa shape index (κ3) is 4.32. The molecule has 1 aliphatic carbocycles. The molecule has 4 nitrogen and oxygen atoms in total. The van der Waals surface area contributed by atoms with Crippen LogP contribution in [0.2, 0.25) is 0 Å². The van der Waals surface area contributed by atoms with Crippen LogP contribution in [-0.2, 0) is 0 Å². The van der Waals surface area contributed by atoms with Crippen LogP contribution in [0.3, 0.4) is 0 Å². The van der Waals surface area contributed by atoms with Crippen LogP contribution in [0.4, 0.5) is 11.6 Å². The van der Waals surface area contributed by atoms with Gasteiger partial charge in [0.15, 0.2) is 0 Å². The number of aromatic nitrogens is 2. The first-order chi connectivity index (χ1) is 10.0. The van der Waals surface area contributed by atoms with Gasteiger partial charge in [0.25, 0.3) is 0 Å². The average Bonchev–Trinajstić information content (AvgIpc) is 3.29. The van der Waals surface area contributed by atoms with Gasteiger partial charge in [0.1, 0.15) is 17.5 Å². The SMILES string of the molecule is CCCNc1nc(C2CC2)nc(NCC(C)C(C)C)c1C. The Labute approximate surface area is 129 Å². The molecule has 1 aliphatic rings. The van der Waals surface area contributed by atoms with Gasteiger partial charge < -0.3 is 10.6 Å². The highest BCUT2D eigenvalue weighted by atomic mass is 15.1. The summed E-state index contributed by atoms with van der Waals surface area (Å²) < 4.78 is 0. The van der Waals surface area contributed by atoms with E-state index in [1.807, 2.05) is 0 Å². The van der Waals surface area contributed by atoms with Crippen LogP contribution in [0.1, 0.15) is 64.3 Å². The molecular formula is C17H30N4. The monoisotopic (exact) mass is 290 g/mol. The van der Waals surface area contributed by atoms with E-state index in [-0.39, 0.29) is 0 Å². The summed E-state index contributed by atoms with van der Waals surface area (Å²) in [5.74, 6) is 4.93. The Morgan fingerprint density at radius 1 is 1.10 bits per heavy atom. The van der Waals surface area contributed by atoms with E-state index in [2.05, 4.69) is 45.3 Å². The zero-order valence-corrected chi connectivity index (χ0v) is 14.2. The number of nitrogens with zero attached hydrogens (tertiary/aromatic N) is 2. The van der Waals surface area contributed by atoms with Gasteiger partial charge in [-0.1, -0.05) is 27.7 Å². The second-order valence-electron chi connectivity index (χ2n) is 6.71. The molecule has 1 fully saturated rings. The van der Waals surface area contributed by atoms with Gasteiger partial charge >= 0.3 is 0 Å². The molecule has 1 aromatic rings. The van der Waals surface area contributed by atoms with Crippen molar-refractivity contribution >= 4 is 11.6 Å². The maximum atomic E-state index is 4.77. The average molecular weight is 290 g/mol. The zero-order valence-electron chi connectivity index (χ0n) is 14.2. The quantitative estimate of drug-likeness (QED) is 0.754. The van der Waals surface area contributed by atoms with Crippen molar-refractivity contribution in [3.63, 3.8) is 0 Å². The summed E-state index contributed by atoms with van der Waals surface area (Å²) in [4.78, 5) is 9.50. The molecule has 1 unspecified atom stereocenters. The highest BCUT2D eigenvalue weighted by Crippen LogP contribution is 2.39. The van der Waals surface area contributed by atoms with E-state index >= 15 is 0 Å². The first-order valence-electron chi connectivity index (χ1n) is 8.39. The number of rotatable bonds is 8. The molecule has 1 saturated carbocycles. The second-order valence-corrected chi connectivity index (χ2v) is 6.71. The maximum Gasteiger partial charge on any atom is 0.136 e. The van der Waals surface area contributed by atoms with Gasteiger partial charge in [0, 0.05) is 24.6 Å². The van der Waals surface area contributed by atoms with Gasteiger partial charge in [-0.05, 0) is 38.0 Å². The van der Waals surface area contributed by atoms with Gasteiger partial charge in [-0.25, -0.2) is 9.97 Å². The van der Waals surface area contributed by atoms with E-state index in [1.165, 1.54) is 12.8 Å². The molecule has 1 heterocycles. The van der Waals surface area contributed by atoms with Gasteiger partial charge in [-0.2, -0.15) is 0 Å². The number of hydrogen-bond acceptors (Lipinski definition) is 4. The summed E-state index contributed by atoms with van der Waals surface area (Å²) in [6.07, 6.45) is 3.57. The largest absolute Gasteiger partial charge is 0.370 e. The molecule has 21 heavy (non-hydrogen) atoms. The molecule has 2 N–H and O–H groups in total. The van der Waals surface area contributed by atoms with E-state index in [1.54, 1.807) is 0 Å². The lowest BCUT2D eigenvalue weighted by Gasteiger charge is -2.19. The van der Waals surface area contributed by atoms with E-state index in [9.17, 15) is 0 Å². The molecule has 0 aromatic carbocycles. The van der Waals surface area contributed by atoms with Crippen LogP contribution >= 0.6 is 0 Å². The Bertz CT molecular complexity index is 466. The van der Waals surface area contributed by atoms with Gasteiger partial charge in [0.2, 0.25) is 0 Å². The van der Waals surface area contributed by atoms with Crippen LogP contribution in [-0.4, -0.2) is 23.1 Å². The fourth-order valence-electron chi connectivity index (χ4n) is 2.14. The molecule has 0 amide bonds. The summed E-state index contributed by atoms with van der Waals surface area (Å²) in [5.41, 5.74) is 1.14. The maximum absolute atomic E-state index is 4.77. The normalized spacial score (nSPS) is 16.1. The lowest BCUT2D eigenvalue weighted by atomic mass is 9.98. The molecule has 2 rings (SSSR count). The van der Waals surface area contributed by atoms with E-state index < -0.39 is 0 Å². The van der Waals surface area contributed by atoms with Crippen LogP contribution in [0, 0.1) is 18.8 Å². The van der Waals surface area contributed by atoms with Crippen molar-refractivity contribution in [2.24, 2.45) is 11.8 Å². The first kappa shape index (κ1) is 16.1. The lowest BCUT2D eigenvalue weighted by molar-refractivity contribution is 0.439. The molecule has 118 valence electrons. The Hall–Kier alpha value is -1.32. The molecular weight excluding hydrogens is 260 g/mol. The summed E-state index contributed by atoms with van der Waals surface area (Å²) in [5, 5.41) is 6.99. The molecule has 0 bridgehead atoms. The molecule has 0 spiro atoms. The third-order valence-electron chi connectivity index (χ3n) is 4.38. The zero-order chi connectivity index (χ0) is 15.4. The van der Waals surface area contributed by atoms with E-state index in [0.29, 0.717) is 17.8 Å². The van der Waals surface area contributed by atoms with Crippen molar-refractivity contribution < 1.29 is 0 Å². The van der Waals surface area contributed by atoms with Crippen molar-refractivity contribution in [1.82, 2.24) is 9.97 Å². The lowest BCUT2D eigenvalue weighted by Crippen LogP contribution is -2.19. The van der Waals surface area contributed by atoms with Crippen LogP contribution in [0.25, 0.3) is 0 Å². The molecule has 4 heteroatoms. The van der Waals surface area contributed by atoms with Crippen LogP contribution in [0.5, 0.6) is 0 Å². The van der Waals surface area contributed by atoms with Crippen LogP contribution < -0.4 is 10.6 Å². The highest BCUT2D eigenvalue weighted by Gasteiger charge is 2.28. The van der Waals surface area contributed by atoms with Gasteiger partial charge in [0.05, 0.1) is 0 Å². The number of hydrogen-bond donors (Lipinski definition) is 2. The molecule has 1 atom stereocenters. The minimum atomic E-state index is 0.579. The first-order valence-corrected chi connectivity index (χ1v) is 8.39. The number of nitrogens with one attached hydrogen (secondary N) is 2. The predicted octanol–water partition coefficient (Wildman–Crippen LogP) is 4.19. The molecule has 0 saturated heterocycles. The molecule has 0 radical (unpaired) electrons. The minimum Gasteiger partial charge on any atom is -0.370 e. The van der Waals surface area contributed by atoms with Crippen LogP contribution in [0.15, 0.2) is 0 Å². The van der Waals surface area contributed by atoms with E-state index in [0.717, 1.165) is 42.5 Å². The predicted molar refractivity (Wildman–Crippen MR) is 90.0 cm³/mol. The topological polar surface area (TPSA) is 49.8 Å². The molecule has 0 aliphatic heterocycles. The summed E-state index contributed by atoms with van der Waals surface area (Å²) >= 11 is 0. The fourth-order valence-corrected chi connectivity index (χ4v) is 2.14. The summed E-state index contributed by atoms with van der Waals surface area (Å²) in [7, 11) is 0. The standard InChI is InChI=1S/C17H30N4/c1-6-9-18-15-13(5)16(19-10-12(4)11(2)3)21-17(20-15)14-7-8-14/h11-12,14H,6-10H2,1-5H3,(H2,18,19,20,21). The van der Waals surface area contributed by atoms with Crippen molar-refractivity contribution in [1.29, 1.82) is 0 Å². The Morgan fingerprint density at radius 3 is 2.24 bits per heavy atom. The van der Waals surface area contributed by atoms with Gasteiger partial charge in [-0.15, -0.1) is 0 Å². The van der Waals surface area contributed by atoms with Crippen molar-refractivity contribution in [2.45, 2.75) is 59.8 Å². The summed E-state index contributed by atoms with van der Waals surface area (Å²) in [6.45, 7) is 13.0. The van der Waals surface area contributed by atoms with Crippen molar-refractivity contribution in [2.75, 3.05) is 23.7 Å². The van der Waals surface area contributed by atoms with E-state index in [4.69, 9.17) is 9.97 Å². The fraction of sp³-hybridized carbons (Fsp3) is 0.765. The Balaban J connectivity index is 2.15. The Kier molecular flexibility index (Phi) is 5.43. The minimum absolute atomic E-state index is 0.579. The third-order valence-corrected chi connectivity index (χ3v) is 4.38. The molecule has 1 aromatic heterocycles.